The third-order valence-electron chi connectivity index (χ3n) is 3.47. The van der Waals surface area contributed by atoms with Crippen molar-refractivity contribution in [1.82, 2.24) is 4.31 Å². The zero-order chi connectivity index (χ0) is 20.2. The molecule has 2 rings (SSSR count). The molecule has 0 aromatic heterocycles. The number of halogens is 2. The number of hydrogen-bond acceptors (Lipinski definition) is 5. The molecule has 0 heterocycles. The van der Waals surface area contributed by atoms with E-state index in [9.17, 15) is 13.2 Å². The molecule has 2 aromatic carbocycles. The monoisotopic (exact) mass is 432 g/mol. The molecule has 0 radical (unpaired) electrons. The summed E-state index contributed by atoms with van der Waals surface area (Å²) in [7, 11) is 0.419. The van der Waals surface area contributed by atoms with Crippen LogP contribution < -0.4 is 14.8 Å². The molecule has 0 atom stereocenters. The molecule has 0 aliphatic rings. The van der Waals surface area contributed by atoms with Gasteiger partial charge >= 0.3 is 0 Å². The van der Waals surface area contributed by atoms with Gasteiger partial charge in [-0.3, -0.25) is 4.79 Å². The lowest BCUT2D eigenvalue weighted by Crippen LogP contribution is -2.24. The second-order valence-electron chi connectivity index (χ2n) is 5.54. The van der Waals surface area contributed by atoms with Gasteiger partial charge in [-0.15, -0.1) is 0 Å². The normalized spacial score (nSPS) is 11.3. The van der Waals surface area contributed by atoms with E-state index in [1.165, 1.54) is 39.4 Å². The van der Waals surface area contributed by atoms with Gasteiger partial charge in [0.15, 0.2) is 12.4 Å². The molecule has 0 aliphatic carbocycles. The molecule has 146 valence electrons. The first-order valence-corrected chi connectivity index (χ1v) is 9.83. The molecule has 7 nitrogen and oxygen atoms in total. The van der Waals surface area contributed by atoms with Crippen molar-refractivity contribution < 1.29 is 22.7 Å². The van der Waals surface area contributed by atoms with E-state index in [1.807, 2.05) is 0 Å². The third-order valence-corrected chi connectivity index (χ3v) is 5.90. The van der Waals surface area contributed by atoms with Crippen molar-refractivity contribution >= 4 is 44.8 Å². The number of hydrogen-bond donors (Lipinski definition) is 1. The van der Waals surface area contributed by atoms with E-state index in [4.69, 9.17) is 32.7 Å². The van der Waals surface area contributed by atoms with E-state index in [0.29, 0.717) is 0 Å². The number of rotatable bonds is 7. The molecular weight excluding hydrogens is 415 g/mol. The minimum atomic E-state index is -3.75. The van der Waals surface area contributed by atoms with Gasteiger partial charge in [0.1, 0.15) is 10.6 Å². The van der Waals surface area contributed by atoms with E-state index in [-0.39, 0.29) is 38.7 Å². The van der Waals surface area contributed by atoms with Gasteiger partial charge in [-0.2, -0.15) is 0 Å². The van der Waals surface area contributed by atoms with E-state index in [0.717, 1.165) is 4.31 Å². The Morgan fingerprint density at radius 3 is 2.33 bits per heavy atom. The topological polar surface area (TPSA) is 84.9 Å². The number of anilines is 1. The van der Waals surface area contributed by atoms with Gasteiger partial charge < -0.3 is 14.8 Å². The first-order chi connectivity index (χ1) is 12.7. The van der Waals surface area contributed by atoms with E-state index in [1.54, 1.807) is 18.2 Å². The molecule has 0 aliphatic heterocycles. The van der Waals surface area contributed by atoms with Gasteiger partial charge in [-0.25, -0.2) is 12.7 Å². The van der Waals surface area contributed by atoms with Crippen molar-refractivity contribution in [1.29, 1.82) is 0 Å². The number of benzene rings is 2. The number of carbonyl (C=O) groups is 1. The van der Waals surface area contributed by atoms with Crippen molar-refractivity contribution in [3.8, 4) is 11.5 Å². The Bertz CT molecular complexity index is 928. The fourth-order valence-electron chi connectivity index (χ4n) is 2.11. The van der Waals surface area contributed by atoms with Gasteiger partial charge in [0.2, 0.25) is 10.0 Å². The fourth-order valence-corrected chi connectivity index (χ4v) is 3.69. The summed E-state index contributed by atoms with van der Waals surface area (Å²) in [5, 5.41) is 3.12. The van der Waals surface area contributed by atoms with Crippen LogP contribution in [0.15, 0.2) is 41.3 Å². The lowest BCUT2D eigenvalue weighted by Gasteiger charge is -2.16. The summed E-state index contributed by atoms with van der Waals surface area (Å²) in [6.45, 7) is -0.356. The van der Waals surface area contributed by atoms with Gasteiger partial charge in [0, 0.05) is 19.8 Å². The van der Waals surface area contributed by atoms with Crippen LogP contribution >= 0.6 is 23.2 Å². The second kappa shape index (κ2) is 8.79. The molecule has 0 unspecified atom stereocenters. The number of ether oxygens (including phenoxy) is 2. The maximum absolute atomic E-state index is 12.4. The summed E-state index contributed by atoms with van der Waals surface area (Å²) in [5.41, 5.74) is 0.273. The molecule has 1 N–H and O–H groups in total. The van der Waals surface area contributed by atoms with Crippen LogP contribution in [0.5, 0.6) is 11.5 Å². The summed E-state index contributed by atoms with van der Waals surface area (Å²) in [6.07, 6.45) is 0. The van der Waals surface area contributed by atoms with E-state index < -0.39 is 15.9 Å². The minimum absolute atomic E-state index is 0.0668. The smallest absolute Gasteiger partial charge is 0.262 e. The highest BCUT2D eigenvalue weighted by molar-refractivity contribution is 7.89. The highest BCUT2D eigenvalue weighted by atomic mass is 35.5. The zero-order valence-electron chi connectivity index (χ0n) is 14.8. The van der Waals surface area contributed by atoms with Gasteiger partial charge in [-0.1, -0.05) is 29.3 Å². The van der Waals surface area contributed by atoms with Gasteiger partial charge in [-0.05, 0) is 30.3 Å². The Kier molecular flexibility index (Phi) is 6.94. The lowest BCUT2D eigenvalue weighted by atomic mass is 10.3. The Morgan fingerprint density at radius 1 is 1.15 bits per heavy atom. The molecule has 10 heteroatoms. The van der Waals surface area contributed by atoms with Crippen LogP contribution in [0.3, 0.4) is 0 Å². The highest BCUT2D eigenvalue weighted by Gasteiger charge is 2.23. The van der Waals surface area contributed by atoms with Crippen LogP contribution in [0.4, 0.5) is 5.69 Å². The maximum Gasteiger partial charge on any atom is 0.262 e. The summed E-state index contributed by atoms with van der Waals surface area (Å²) >= 11 is 12.0. The molecule has 0 bridgehead atoms. The minimum Gasteiger partial charge on any atom is -0.495 e. The van der Waals surface area contributed by atoms with Crippen molar-refractivity contribution in [3.63, 3.8) is 0 Å². The summed E-state index contributed by atoms with van der Waals surface area (Å²) in [6, 6.07) is 9.12. The van der Waals surface area contributed by atoms with E-state index >= 15 is 0 Å². The fraction of sp³-hybridized carbons (Fsp3) is 0.235. The Balaban J connectivity index is 2.16. The standard InChI is InChI=1S/C17H18Cl2N2O5S/c1-21(2)27(23,24)15-9-11(7-8-14(15)25-3)20-16(22)10-26-17-12(18)5-4-6-13(17)19/h4-9H,10H2,1-3H3,(H,20,22). The van der Waals surface area contributed by atoms with Crippen molar-refractivity contribution in [2.75, 3.05) is 33.1 Å². The second-order valence-corrected chi connectivity index (χ2v) is 8.48. The molecular formula is C17H18Cl2N2O5S. The molecule has 0 spiro atoms. The van der Waals surface area contributed by atoms with Gasteiger partial charge in [0.05, 0.1) is 17.2 Å². The SMILES string of the molecule is COc1ccc(NC(=O)COc2c(Cl)cccc2Cl)cc1S(=O)(=O)N(C)C. The van der Waals surface area contributed by atoms with Crippen molar-refractivity contribution in [2.45, 2.75) is 4.90 Å². The highest BCUT2D eigenvalue weighted by Crippen LogP contribution is 2.32. The average Bonchev–Trinajstić information content (AvgIpc) is 2.61. The first-order valence-electron chi connectivity index (χ1n) is 7.64. The number of nitrogens with zero attached hydrogens (tertiary/aromatic N) is 1. The molecule has 2 aromatic rings. The number of methoxy groups -OCH3 is 1. The number of para-hydroxylation sites is 1. The number of amides is 1. The van der Waals surface area contributed by atoms with Crippen molar-refractivity contribution in [2.24, 2.45) is 0 Å². The van der Waals surface area contributed by atoms with E-state index in [2.05, 4.69) is 5.32 Å². The molecule has 0 saturated heterocycles. The van der Waals surface area contributed by atoms with Crippen LogP contribution in [0.25, 0.3) is 0 Å². The quantitative estimate of drug-likeness (QED) is 0.725. The summed E-state index contributed by atoms with van der Waals surface area (Å²) in [5.74, 6) is -0.147. The van der Waals surface area contributed by atoms with Crippen molar-refractivity contribution in [3.05, 3.63) is 46.4 Å². The molecule has 1 amide bonds. The Hall–Kier alpha value is -2.00. The van der Waals surface area contributed by atoms with Crippen LogP contribution in [0.2, 0.25) is 10.0 Å². The largest absolute Gasteiger partial charge is 0.495 e. The summed E-state index contributed by atoms with van der Waals surface area (Å²) in [4.78, 5) is 12.1. The molecule has 0 saturated carbocycles. The number of nitrogens with one attached hydrogen (secondary N) is 1. The zero-order valence-corrected chi connectivity index (χ0v) is 17.2. The lowest BCUT2D eigenvalue weighted by molar-refractivity contribution is -0.118. The van der Waals surface area contributed by atoms with Crippen LogP contribution in [0.1, 0.15) is 0 Å². The predicted octanol–water partition coefficient (Wildman–Crippen LogP) is 3.27. The predicted molar refractivity (Wildman–Crippen MR) is 104 cm³/mol. The maximum atomic E-state index is 12.4. The molecule has 0 fully saturated rings. The molecule has 27 heavy (non-hydrogen) atoms. The third kappa shape index (κ3) is 5.04. The van der Waals surface area contributed by atoms with Crippen LogP contribution in [-0.4, -0.2) is 46.4 Å². The van der Waals surface area contributed by atoms with Crippen LogP contribution in [-0.2, 0) is 14.8 Å². The number of carbonyl (C=O) groups excluding carboxylic acids is 1. The number of sulfonamides is 1. The Morgan fingerprint density at radius 2 is 1.78 bits per heavy atom. The first kappa shape index (κ1) is 21.3. The Labute approximate surface area is 167 Å². The van der Waals surface area contributed by atoms with Gasteiger partial charge in [0.25, 0.3) is 5.91 Å². The summed E-state index contributed by atoms with van der Waals surface area (Å²) < 4.78 is 36.3. The van der Waals surface area contributed by atoms with Crippen LogP contribution in [0, 0.1) is 0 Å². The average molecular weight is 433 g/mol.